The number of nitrogens with one attached hydrogen (secondary N) is 2. The number of thiazole rings is 1. The van der Waals surface area contributed by atoms with Crippen LogP contribution in [-0.2, 0) is 16.6 Å². The zero-order chi connectivity index (χ0) is 27.6. The van der Waals surface area contributed by atoms with Gasteiger partial charge in [-0.05, 0) is 63.1 Å². The van der Waals surface area contributed by atoms with Crippen molar-refractivity contribution in [2.24, 2.45) is 0 Å². The maximum absolute atomic E-state index is 12.9. The highest BCUT2D eigenvalue weighted by molar-refractivity contribution is 7.15. The predicted molar refractivity (Wildman–Crippen MR) is 142 cm³/mol. The number of alkyl halides is 3. The molecule has 0 bridgehead atoms. The molecule has 1 aromatic heterocycles. The van der Waals surface area contributed by atoms with Crippen LogP contribution >= 0.6 is 11.3 Å². The predicted octanol–water partition coefficient (Wildman–Crippen LogP) is 3.51. The minimum absolute atomic E-state index is 0.0618. The lowest BCUT2D eigenvalue weighted by molar-refractivity contribution is -0.137. The summed E-state index contributed by atoms with van der Waals surface area (Å²) in [6.07, 6.45) is 3.52. The Morgan fingerprint density at radius 3 is 2.59 bits per heavy atom. The molecule has 3 N–H and O–H groups in total. The molecule has 1 atom stereocenters. The van der Waals surface area contributed by atoms with Crippen LogP contribution in [0, 0.1) is 0 Å². The third-order valence-electron chi connectivity index (χ3n) is 8.07. The number of hydrogen-bond acceptors (Lipinski definition) is 7. The van der Waals surface area contributed by atoms with Gasteiger partial charge in [-0.25, -0.2) is 4.98 Å². The molecule has 2 aromatic rings. The van der Waals surface area contributed by atoms with Crippen molar-refractivity contribution in [3.05, 3.63) is 46.5 Å². The zero-order valence-electron chi connectivity index (χ0n) is 21.7. The second kappa shape index (κ2) is 11.4. The first-order chi connectivity index (χ1) is 18.6. The molecule has 2 aliphatic heterocycles. The molecule has 12 heteroatoms. The average Bonchev–Trinajstić information content (AvgIpc) is 3.69. The third kappa shape index (κ3) is 6.55. The molecule has 1 saturated carbocycles. The highest BCUT2D eigenvalue weighted by Crippen LogP contribution is 2.43. The molecule has 2 saturated heterocycles. The van der Waals surface area contributed by atoms with Gasteiger partial charge in [0.2, 0.25) is 5.91 Å². The lowest BCUT2D eigenvalue weighted by Crippen LogP contribution is -2.45. The molecule has 0 unspecified atom stereocenters. The molecule has 1 aliphatic carbocycles. The van der Waals surface area contributed by atoms with E-state index in [1.807, 2.05) is 6.20 Å². The van der Waals surface area contributed by atoms with Crippen molar-refractivity contribution in [3.63, 3.8) is 0 Å². The smallest absolute Gasteiger partial charge is 0.384 e. The van der Waals surface area contributed by atoms with Gasteiger partial charge in [0, 0.05) is 50.0 Å². The van der Waals surface area contributed by atoms with Crippen LogP contribution in [0.5, 0.6) is 0 Å². The van der Waals surface area contributed by atoms with E-state index >= 15 is 0 Å². The Labute approximate surface area is 229 Å². The Morgan fingerprint density at radius 1 is 1.13 bits per heavy atom. The van der Waals surface area contributed by atoms with Crippen molar-refractivity contribution < 1.29 is 27.9 Å². The fourth-order valence-electron chi connectivity index (χ4n) is 5.84. The average molecular weight is 566 g/mol. The summed E-state index contributed by atoms with van der Waals surface area (Å²) in [4.78, 5) is 34.8. The molecule has 8 nitrogen and oxygen atoms in total. The minimum Gasteiger partial charge on any atom is -0.384 e. The van der Waals surface area contributed by atoms with E-state index in [9.17, 15) is 27.9 Å². The van der Waals surface area contributed by atoms with Crippen LogP contribution in [0.1, 0.15) is 65.7 Å². The van der Waals surface area contributed by atoms with Crippen LogP contribution in [-0.4, -0.2) is 71.6 Å². The first-order valence-corrected chi connectivity index (χ1v) is 14.3. The van der Waals surface area contributed by atoms with Gasteiger partial charge in [-0.3, -0.25) is 14.5 Å². The molecular weight excluding hydrogens is 531 g/mol. The number of aromatic nitrogens is 1. The number of likely N-dealkylation sites (tertiary alicyclic amines) is 1. The molecule has 5 rings (SSSR count). The maximum atomic E-state index is 12.9. The lowest BCUT2D eigenvalue weighted by atomic mass is 9.81. The summed E-state index contributed by atoms with van der Waals surface area (Å²) in [5, 5.41) is 17.7. The van der Waals surface area contributed by atoms with Gasteiger partial charge < -0.3 is 20.6 Å². The Balaban J connectivity index is 1.05. The lowest BCUT2D eigenvalue weighted by Gasteiger charge is -2.39. The Bertz CT molecular complexity index is 1180. The normalized spacial score (nSPS) is 26.1. The number of benzene rings is 1. The van der Waals surface area contributed by atoms with Gasteiger partial charge in [0.05, 0.1) is 17.0 Å². The van der Waals surface area contributed by atoms with E-state index in [0.29, 0.717) is 25.4 Å². The number of nitrogens with zero attached hydrogens (tertiary/aromatic N) is 3. The van der Waals surface area contributed by atoms with Crippen molar-refractivity contribution in [3.8, 4) is 0 Å². The monoisotopic (exact) mass is 565 g/mol. The largest absolute Gasteiger partial charge is 0.416 e. The van der Waals surface area contributed by atoms with E-state index in [1.165, 1.54) is 25.0 Å². The molecule has 3 aliphatic rings. The second-order valence-electron chi connectivity index (χ2n) is 10.8. The summed E-state index contributed by atoms with van der Waals surface area (Å²) in [6, 6.07) is 4.39. The highest BCUT2D eigenvalue weighted by atomic mass is 32.1. The van der Waals surface area contributed by atoms with E-state index in [2.05, 4.69) is 25.4 Å². The van der Waals surface area contributed by atoms with Crippen molar-refractivity contribution >= 4 is 28.3 Å². The molecule has 0 radical (unpaired) electrons. The second-order valence-corrected chi connectivity index (χ2v) is 11.8. The zero-order valence-corrected chi connectivity index (χ0v) is 22.5. The number of amides is 2. The summed E-state index contributed by atoms with van der Waals surface area (Å²) >= 11 is 1.61. The van der Waals surface area contributed by atoms with Crippen molar-refractivity contribution in [1.82, 2.24) is 20.5 Å². The summed E-state index contributed by atoms with van der Waals surface area (Å²) in [7, 11) is 0. The van der Waals surface area contributed by atoms with Gasteiger partial charge in [0.15, 0.2) is 5.13 Å². The minimum atomic E-state index is -4.54. The summed E-state index contributed by atoms with van der Waals surface area (Å²) < 4.78 is 38.7. The number of carbonyl (C=O) groups is 2. The molecule has 3 fully saturated rings. The molecular formula is C27H34F3N5O3S. The van der Waals surface area contributed by atoms with E-state index in [-0.39, 0.29) is 24.1 Å². The summed E-state index contributed by atoms with van der Waals surface area (Å²) in [6.45, 7) is 3.28. The molecule has 2 amide bonds. The number of carbonyl (C=O) groups excluding carboxylic acids is 2. The molecule has 0 spiro atoms. The molecule has 3 heterocycles. The van der Waals surface area contributed by atoms with Crippen LogP contribution in [0.15, 0.2) is 30.5 Å². The van der Waals surface area contributed by atoms with Crippen LogP contribution in [0.4, 0.5) is 18.3 Å². The summed E-state index contributed by atoms with van der Waals surface area (Å²) in [5.74, 6) is -1.10. The van der Waals surface area contributed by atoms with E-state index in [1.54, 1.807) is 11.3 Å². The van der Waals surface area contributed by atoms with Crippen molar-refractivity contribution in [2.75, 3.05) is 37.6 Å². The number of halogens is 3. The Kier molecular flexibility index (Phi) is 8.16. The molecule has 1 aromatic carbocycles. The fraction of sp³-hybridized carbons (Fsp3) is 0.593. The Morgan fingerprint density at radius 2 is 1.87 bits per heavy atom. The topological polar surface area (TPSA) is 97.8 Å². The Hall–Kier alpha value is -2.70. The van der Waals surface area contributed by atoms with E-state index in [4.69, 9.17) is 0 Å². The SMILES string of the molecule is O=C(CNC(=O)c1cccc(C(F)(F)F)c1)N[C@@H]1CCN(C2CCC(O)(c3cnc(N4CCCC4)s3)CC2)C1. The van der Waals surface area contributed by atoms with Gasteiger partial charge in [-0.15, -0.1) is 0 Å². The quantitative estimate of drug-likeness (QED) is 0.476. The van der Waals surface area contributed by atoms with Crippen LogP contribution < -0.4 is 15.5 Å². The molecule has 39 heavy (non-hydrogen) atoms. The van der Waals surface area contributed by atoms with Gasteiger partial charge in [-0.2, -0.15) is 13.2 Å². The number of aliphatic hydroxyl groups is 1. The number of anilines is 1. The van der Waals surface area contributed by atoms with Gasteiger partial charge in [0.25, 0.3) is 5.91 Å². The van der Waals surface area contributed by atoms with E-state index in [0.717, 1.165) is 61.0 Å². The van der Waals surface area contributed by atoms with Gasteiger partial charge in [-0.1, -0.05) is 17.4 Å². The third-order valence-corrected chi connectivity index (χ3v) is 9.33. The van der Waals surface area contributed by atoms with Crippen molar-refractivity contribution in [1.29, 1.82) is 0 Å². The fourth-order valence-corrected chi connectivity index (χ4v) is 6.95. The first kappa shape index (κ1) is 27.9. The number of rotatable bonds is 7. The number of hydrogen-bond donors (Lipinski definition) is 3. The van der Waals surface area contributed by atoms with Crippen LogP contribution in [0.25, 0.3) is 0 Å². The van der Waals surface area contributed by atoms with Crippen LogP contribution in [0.3, 0.4) is 0 Å². The van der Waals surface area contributed by atoms with Crippen LogP contribution in [0.2, 0.25) is 0 Å². The molecule has 212 valence electrons. The highest BCUT2D eigenvalue weighted by Gasteiger charge is 2.40. The van der Waals surface area contributed by atoms with E-state index < -0.39 is 23.2 Å². The maximum Gasteiger partial charge on any atom is 0.416 e. The first-order valence-electron chi connectivity index (χ1n) is 13.5. The summed E-state index contributed by atoms with van der Waals surface area (Å²) in [5.41, 5.74) is -1.89. The van der Waals surface area contributed by atoms with Gasteiger partial charge in [0.1, 0.15) is 5.60 Å². The standard InChI is InChI=1S/C27H34F3N5O3S/c28-27(29,30)19-5-3-4-18(14-19)24(37)31-16-23(36)33-20-8-13-35(17-20)21-6-9-26(38,10-7-21)22-15-32-25(39-22)34-11-1-2-12-34/h3-5,14-15,20-21,38H,1-2,6-13,16-17H2,(H,31,37)(H,33,36)/t20-,21?,26?/m1/s1. The van der Waals surface area contributed by atoms with Gasteiger partial charge >= 0.3 is 6.18 Å². The van der Waals surface area contributed by atoms with Crippen molar-refractivity contribution in [2.45, 2.75) is 68.8 Å².